The fourth-order valence-electron chi connectivity index (χ4n) is 2.85. The SMILES string of the molecule is CCOc1ccccc1C(CN)N1CC(C)OCC1C. The second-order valence-electron chi connectivity index (χ2n) is 5.41. The zero-order valence-corrected chi connectivity index (χ0v) is 12.7. The number of nitrogens with two attached hydrogens (primary N) is 1. The third-order valence-corrected chi connectivity index (χ3v) is 3.86. The molecular formula is C16H26N2O2. The van der Waals surface area contributed by atoms with Crippen LogP contribution in [0.3, 0.4) is 0 Å². The van der Waals surface area contributed by atoms with Gasteiger partial charge in [-0.2, -0.15) is 0 Å². The van der Waals surface area contributed by atoms with Crippen molar-refractivity contribution in [3.63, 3.8) is 0 Å². The van der Waals surface area contributed by atoms with Gasteiger partial charge in [0.05, 0.1) is 25.4 Å². The van der Waals surface area contributed by atoms with E-state index in [1.807, 2.05) is 19.1 Å². The van der Waals surface area contributed by atoms with Crippen LogP contribution < -0.4 is 10.5 Å². The average molecular weight is 278 g/mol. The lowest BCUT2D eigenvalue weighted by atomic mass is 10.0. The molecule has 0 amide bonds. The van der Waals surface area contributed by atoms with Gasteiger partial charge in [0.1, 0.15) is 5.75 Å². The van der Waals surface area contributed by atoms with E-state index in [1.54, 1.807) is 0 Å². The van der Waals surface area contributed by atoms with E-state index in [-0.39, 0.29) is 12.1 Å². The summed E-state index contributed by atoms with van der Waals surface area (Å²) < 4.78 is 11.5. The standard InChI is InChI=1S/C16H26N2O2/c1-4-19-16-8-6-5-7-14(16)15(9-17)18-10-13(3)20-11-12(18)2/h5-8,12-13,15H,4,9-11,17H2,1-3H3. The number of morpholine rings is 1. The van der Waals surface area contributed by atoms with Gasteiger partial charge in [-0.15, -0.1) is 0 Å². The summed E-state index contributed by atoms with van der Waals surface area (Å²) in [6, 6.07) is 8.75. The smallest absolute Gasteiger partial charge is 0.124 e. The van der Waals surface area contributed by atoms with Gasteiger partial charge >= 0.3 is 0 Å². The van der Waals surface area contributed by atoms with E-state index in [2.05, 4.69) is 30.9 Å². The van der Waals surface area contributed by atoms with Gasteiger partial charge in [0.25, 0.3) is 0 Å². The highest BCUT2D eigenvalue weighted by Gasteiger charge is 2.31. The van der Waals surface area contributed by atoms with Gasteiger partial charge < -0.3 is 15.2 Å². The molecular weight excluding hydrogens is 252 g/mol. The quantitative estimate of drug-likeness (QED) is 0.897. The second kappa shape index (κ2) is 7.07. The number of para-hydroxylation sites is 1. The zero-order valence-electron chi connectivity index (χ0n) is 12.7. The lowest BCUT2D eigenvalue weighted by Gasteiger charge is -2.42. The minimum Gasteiger partial charge on any atom is -0.494 e. The van der Waals surface area contributed by atoms with Gasteiger partial charge in [-0.3, -0.25) is 4.90 Å². The molecule has 4 heteroatoms. The molecule has 1 heterocycles. The van der Waals surface area contributed by atoms with Crippen LogP contribution >= 0.6 is 0 Å². The molecule has 0 spiro atoms. The van der Waals surface area contributed by atoms with Crippen LogP contribution in [0.1, 0.15) is 32.4 Å². The van der Waals surface area contributed by atoms with E-state index in [0.717, 1.165) is 18.9 Å². The molecule has 112 valence electrons. The van der Waals surface area contributed by atoms with Crippen LogP contribution in [-0.2, 0) is 4.74 Å². The number of benzene rings is 1. The highest BCUT2D eigenvalue weighted by molar-refractivity contribution is 5.36. The lowest BCUT2D eigenvalue weighted by Crippen LogP contribution is -2.50. The summed E-state index contributed by atoms with van der Waals surface area (Å²) in [4.78, 5) is 2.44. The Bertz CT molecular complexity index is 425. The summed E-state index contributed by atoms with van der Waals surface area (Å²) in [5, 5.41) is 0. The molecule has 0 bridgehead atoms. The Morgan fingerprint density at radius 1 is 1.40 bits per heavy atom. The van der Waals surface area contributed by atoms with Crippen molar-refractivity contribution < 1.29 is 9.47 Å². The van der Waals surface area contributed by atoms with E-state index in [9.17, 15) is 0 Å². The Morgan fingerprint density at radius 2 is 2.15 bits per heavy atom. The topological polar surface area (TPSA) is 47.7 Å². The summed E-state index contributed by atoms with van der Waals surface area (Å²) in [5.41, 5.74) is 7.25. The van der Waals surface area contributed by atoms with Crippen LogP contribution in [0, 0.1) is 0 Å². The minimum absolute atomic E-state index is 0.180. The highest BCUT2D eigenvalue weighted by Crippen LogP contribution is 2.31. The maximum Gasteiger partial charge on any atom is 0.124 e. The molecule has 2 rings (SSSR count). The van der Waals surface area contributed by atoms with E-state index in [1.165, 1.54) is 5.56 Å². The summed E-state index contributed by atoms with van der Waals surface area (Å²) in [5.74, 6) is 0.941. The van der Waals surface area contributed by atoms with Crippen molar-refractivity contribution in [3.8, 4) is 5.75 Å². The van der Waals surface area contributed by atoms with E-state index in [0.29, 0.717) is 19.2 Å². The summed E-state index contributed by atoms with van der Waals surface area (Å²) in [7, 11) is 0. The Labute approximate surface area is 121 Å². The first-order valence-electron chi connectivity index (χ1n) is 7.46. The molecule has 0 radical (unpaired) electrons. The van der Waals surface area contributed by atoms with Gasteiger partial charge in [0.2, 0.25) is 0 Å². The third-order valence-electron chi connectivity index (χ3n) is 3.86. The molecule has 4 nitrogen and oxygen atoms in total. The van der Waals surface area contributed by atoms with E-state index in [4.69, 9.17) is 15.2 Å². The molecule has 3 unspecified atom stereocenters. The Hall–Kier alpha value is -1.10. The molecule has 20 heavy (non-hydrogen) atoms. The van der Waals surface area contributed by atoms with Crippen LogP contribution in [0.25, 0.3) is 0 Å². The van der Waals surface area contributed by atoms with Crippen molar-refractivity contribution in [1.29, 1.82) is 0 Å². The van der Waals surface area contributed by atoms with E-state index >= 15 is 0 Å². The van der Waals surface area contributed by atoms with Gasteiger partial charge in [0, 0.05) is 24.7 Å². The summed E-state index contributed by atoms with van der Waals surface area (Å²) >= 11 is 0. The van der Waals surface area contributed by atoms with Crippen molar-refractivity contribution in [2.24, 2.45) is 5.73 Å². The monoisotopic (exact) mass is 278 g/mol. The molecule has 1 aliphatic heterocycles. The van der Waals surface area contributed by atoms with Gasteiger partial charge in [0.15, 0.2) is 0 Å². The number of rotatable bonds is 5. The largest absolute Gasteiger partial charge is 0.494 e. The van der Waals surface area contributed by atoms with Crippen molar-refractivity contribution in [3.05, 3.63) is 29.8 Å². The average Bonchev–Trinajstić information content (AvgIpc) is 2.45. The van der Waals surface area contributed by atoms with Crippen LogP contribution in [0.5, 0.6) is 5.75 Å². The molecule has 0 saturated carbocycles. The normalized spacial score (nSPS) is 25.4. The summed E-state index contributed by atoms with van der Waals surface area (Å²) in [6.45, 7) is 9.23. The highest BCUT2D eigenvalue weighted by atomic mass is 16.5. The zero-order chi connectivity index (χ0) is 14.5. The molecule has 1 aromatic carbocycles. The Morgan fingerprint density at radius 3 is 2.85 bits per heavy atom. The maximum absolute atomic E-state index is 6.07. The maximum atomic E-state index is 6.07. The third kappa shape index (κ3) is 3.32. The van der Waals surface area contributed by atoms with Crippen molar-refractivity contribution in [2.75, 3.05) is 26.3 Å². The Balaban J connectivity index is 2.27. The lowest BCUT2D eigenvalue weighted by molar-refractivity contribution is -0.0656. The molecule has 0 aliphatic carbocycles. The molecule has 1 saturated heterocycles. The van der Waals surface area contributed by atoms with Crippen molar-refractivity contribution in [1.82, 2.24) is 4.90 Å². The first kappa shape index (κ1) is 15.3. The van der Waals surface area contributed by atoms with Crippen LogP contribution in [-0.4, -0.2) is 43.3 Å². The molecule has 1 aromatic rings. The predicted molar refractivity (Wildman–Crippen MR) is 81.0 cm³/mol. The Kier molecular flexibility index (Phi) is 5.40. The van der Waals surface area contributed by atoms with Crippen molar-refractivity contribution >= 4 is 0 Å². The number of ether oxygens (including phenoxy) is 2. The molecule has 0 aromatic heterocycles. The van der Waals surface area contributed by atoms with Crippen LogP contribution in [0.15, 0.2) is 24.3 Å². The van der Waals surface area contributed by atoms with Gasteiger partial charge in [-0.1, -0.05) is 18.2 Å². The van der Waals surface area contributed by atoms with Gasteiger partial charge in [-0.25, -0.2) is 0 Å². The fourth-order valence-corrected chi connectivity index (χ4v) is 2.85. The molecule has 2 N–H and O–H groups in total. The number of nitrogens with zero attached hydrogens (tertiary/aromatic N) is 1. The minimum atomic E-state index is 0.180. The van der Waals surface area contributed by atoms with E-state index < -0.39 is 0 Å². The molecule has 1 aliphatic rings. The van der Waals surface area contributed by atoms with Crippen LogP contribution in [0.4, 0.5) is 0 Å². The fraction of sp³-hybridized carbons (Fsp3) is 0.625. The molecule has 3 atom stereocenters. The van der Waals surface area contributed by atoms with Gasteiger partial charge in [-0.05, 0) is 26.8 Å². The first-order valence-corrected chi connectivity index (χ1v) is 7.46. The second-order valence-corrected chi connectivity index (χ2v) is 5.41. The first-order chi connectivity index (χ1) is 9.67. The summed E-state index contributed by atoms with van der Waals surface area (Å²) in [6.07, 6.45) is 0.250. The molecule has 1 fully saturated rings. The number of hydrogen-bond acceptors (Lipinski definition) is 4. The van der Waals surface area contributed by atoms with Crippen LogP contribution in [0.2, 0.25) is 0 Å². The van der Waals surface area contributed by atoms with Crippen molar-refractivity contribution in [2.45, 2.75) is 39.0 Å². The predicted octanol–water partition coefficient (Wildman–Crippen LogP) is 2.19. The number of hydrogen-bond donors (Lipinski definition) is 1.